The van der Waals surface area contributed by atoms with E-state index in [9.17, 15) is 13.2 Å². The summed E-state index contributed by atoms with van der Waals surface area (Å²) in [5.74, 6) is 1.15. The second-order valence-electron chi connectivity index (χ2n) is 5.53. The third kappa shape index (κ3) is 7.95. The highest BCUT2D eigenvalue weighted by Crippen LogP contribution is 2.30. The Morgan fingerprint density at radius 3 is 2.29 bits per heavy atom. The van der Waals surface area contributed by atoms with E-state index < -0.39 is 11.7 Å². The predicted molar refractivity (Wildman–Crippen MR) is 78.5 cm³/mol. The van der Waals surface area contributed by atoms with Crippen molar-refractivity contribution >= 4 is 0 Å². The van der Waals surface area contributed by atoms with Crippen LogP contribution in [0.1, 0.15) is 38.7 Å². The largest absolute Gasteiger partial charge is 0.494 e. The minimum atomic E-state index is -4.29. The van der Waals surface area contributed by atoms with Crippen molar-refractivity contribution < 1.29 is 17.9 Å². The topological polar surface area (TPSA) is 21.3 Å². The molecule has 0 unspecified atom stereocenters. The number of benzene rings is 1. The van der Waals surface area contributed by atoms with Gasteiger partial charge in [0, 0.05) is 0 Å². The molecule has 0 fully saturated rings. The lowest BCUT2D eigenvalue weighted by molar-refractivity contribution is -0.137. The van der Waals surface area contributed by atoms with Gasteiger partial charge in [0.1, 0.15) is 5.75 Å². The summed E-state index contributed by atoms with van der Waals surface area (Å²) in [5, 5.41) is 3.37. The SMILES string of the molecule is CC(C)CNCCCCCOc1ccc(C(F)(F)F)cc1. The molecule has 0 spiro atoms. The molecule has 0 aliphatic carbocycles. The van der Waals surface area contributed by atoms with Crippen molar-refractivity contribution in [2.45, 2.75) is 39.3 Å². The second kappa shape index (κ2) is 8.93. The van der Waals surface area contributed by atoms with Gasteiger partial charge < -0.3 is 10.1 Å². The zero-order valence-corrected chi connectivity index (χ0v) is 12.7. The van der Waals surface area contributed by atoms with Crippen LogP contribution in [0.2, 0.25) is 0 Å². The van der Waals surface area contributed by atoms with Crippen LogP contribution >= 0.6 is 0 Å². The molecule has 0 heterocycles. The molecule has 0 aliphatic heterocycles. The lowest BCUT2D eigenvalue weighted by Crippen LogP contribution is -2.20. The van der Waals surface area contributed by atoms with E-state index in [1.54, 1.807) is 0 Å². The first-order chi connectivity index (χ1) is 9.89. The molecule has 0 saturated carbocycles. The molecule has 1 aromatic carbocycles. The number of unbranched alkanes of at least 4 members (excludes halogenated alkanes) is 2. The average Bonchev–Trinajstić information content (AvgIpc) is 2.41. The summed E-state index contributed by atoms with van der Waals surface area (Å²) in [6.45, 7) is 6.91. The molecule has 0 atom stereocenters. The molecule has 0 amide bonds. The summed E-state index contributed by atoms with van der Waals surface area (Å²) in [4.78, 5) is 0. The van der Waals surface area contributed by atoms with Crippen molar-refractivity contribution in [3.8, 4) is 5.75 Å². The molecule has 1 N–H and O–H groups in total. The highest BCUT2D eigenvalue weighted by molar-refractivity contribution is 5.28. The smallest absolute Gasteiger partial charge is 0.416 e. The Bertz CT molecular complexity index is 388. The van der Waals surface area contributed by atoms with Gasteiger partial charge in [-0.15, -0.1) is 0 Å². The van der Waals surface area contributed by atoms with E-state index in [1.165, 1.54) is 12.1 Å². The molecule has 0 radical (unpaired) electrons. The van der Waals surface area contributed by atoms with Crippen LogP contribution in [0.4, 0.5) is 13.2 Å². The van der Waals surface area contributed by atoms with Crippen molar-refractivity contribution in [1.29, 1.82) is 0 Å². The maximum atomic E-state index is 12.4. The fraction of sp³-hybridized carbons (Fsp3) is 0.625. The summed E-state index contributed by atoms with van der Waals surface area (Å²) >= 11 is 0. The van der Waals surface area contributed by atoms with Crippen LogP contribution < -0.4 is 10.1 Å². The Labute approximate surface area is 124 Å². The van der Waals surface area contributed by atoms with Gasteiger partial charge in [0.05, 0.1) is 12.2 Å². The fourth-order valence-corrected chi connectivity index (χ4v) is 1.85. The number of ether oxygens (including phenoxy) is 1. The first-order valence-electron chi connectivity index (χ1n) is 7.40. The van der Waals surface area contributed by atoms with Gasteiger partial charge in [-0.2, -0.15) is 13.2 Å². The molecule has 1 aromatic rings. The molecular weight excluding hydrogens is 279 g/mol. The Morgan fingerprint density at radius 1 is 1.05 bits per heavy atom. The number of halogens is 3. The van der Waals surface area contributed by atoms with Crippen LogP contribution in [-0.4, -0.2) is 19.7 Å². The highest BCUT2D eigenvalue weighted by atomic mass is 19.4. The number of alkyl halides is 3. The van der Waals surface area contributed by atoms with E-state index in [4.69, 9.17) is 4.74 Å². The van der Waals surface area contributed by atoms with Gasteiger partial charge in [-0.3, -0.25) is 0 Å². The molecule has 5 heteroatoms. The number of nitrogens with one attached hydrogen (secondary N) is 1. The summed E-state index contributed by atoms with van der Waals surface area (Å²) in [6, 6.07) is 4.83. The Kier molecular flexibility index (Phi) is 7.57. The van der Waals surface area contributed by atoms with Crippen molar-refractivity contribution in [2.75, 3.05) is 19.7 Å². The highest BCUT2D eigenvalue weighted by Gasteiger charge is 2.29. The van der Waals surface area contributed by atoms with Gasteiger partial charge in [-0.1, -0.05) is 13.8 Å². The van der Waals surface area contributed by atoms with Gasteiger partial charge >= 0.3 is 6.18 Å². The monoisotopic (exact) mass is 303 g/mol. The summed E-state index contributed by atoms with van der Waals surface area (Å²) < 4.78 is 42.6. The molecule has 21 heavy (non-hydrogen) atoms. The minimum absolute atomic E-state index is 0.487. The first kappa shape index (κ1) is 17.8. The molecule has 0 aliphatic rings. The van der Waals surface area contributed by atoms with Gasteiger partial charge in [0.2, 0.25) is 0 Å². The van der Waals surface area contributed by atoms with Crippen LogP contribution in [0.5, 0.6) is 5.75 Å². The third-order valence-corrected chi connectivity index (χ3v) is 3.00. The lowest BCUT2D eigenvalue weighted by atomic mass is 10.2. The molecule has 0 saturated heterocycles. The normalized spacial score (nSPS) is 11.9. The van der Waals surface area contributed by atoms with E-state index in [1.807, 2.05) is 0 Å². The maximum absolute atomic E-state index is 12.4. The number of rotatable bonds is 9. The van der Waals surface area contributed by atoms with E-state index in [-0.39, 0.29) is 0 Å². The van der Waals surface area contributed by atoms with Crippen LogP contribution in [0.15, 0.2) is 24.3 Å². The third-order valence-electron chi connectivity index (χ3n) is 3.00. The Hall–Kier alpha value is -1.23. The molecule has 0 aromatic heterocycles. The molecule has 120 valence electrons. The zero-order valence-electron chi connectivity index (χ0n) is 12.7. The predicted octanol–water partition coefficient (Wildman–Crippen LogP) is 4.50. The number of hydrogen-bond donors (Lipinski definition) is 1. The van der Waals surface area contributed by atoms with Crippen LogP contribution in [0, 0.1) is 5.92 Å². The summed E-state index contributed by atoms with van der Waals surface area (Å²) in [5.41, 5.74) is -0.647. The average molecular weight is 303 g/mol. The molecule has 0 bridgehead atoms. The Morgan fingerprint density at radius 2 is 1.71 bits per heavy atom. The van der Waals surface area contributed by atoms with E-state index in [0.717, 1.165) is 44.5 Å². The second-order valence-corrected chi connectivity index (χ2v) is 5.53. The Balaban J connectivity index is 2.10. The van der Waals surface area contributed by atoms with Crippen LogP contribution in [0.3, 0.4) is 0 Å². The molecular formula is C16H24F3NO. The summed E-state index contributed by atoms with van der Waals surface area (Å²) in [6.07, 6.45) is -1.25. The lowest BCUT2D eigenvalue weighted by Gasteiger charge is -2.09. The molecule has 1 rings (SSSR count). The number of hydrogen-bond acceptors (Lipinski definition) is 2. The van der Waals surface area contributed by atoms with Crippen molar-refractivity contribution in [2.24, 2.45) is 5.92 Å². The van der Waals surface area contributed by atoms with Crippen LogP contribution in [-0.2, 0) is 6.18 Å². The van der Waals surface area contributed by atoms with E-state index in [0.29, 0.717) is 18.3 Å². The maximum Gasteiger partial charge on any atom is 0.416 e. The van der Waals surface area contributed by atoms with E-state index in [2.05, 4.69) is 19.2 Å². The zero-order chi connectivity index (χ0) is 15.7. The van der Waals surface area contributed by atoms with Gasteiger partial charge in [-0.05, 0) is 62.5 Å². The van der Waals surface area contributed by atoms with E-state index >= 15 is 0 Å². The van der Waals surface area contributed by atoms with Crippen molar-refractivity contribution in [3.63, 3.8) is 0 Å². The first-order valence-corrected chi connectivity index (χ1v) is 7.40. The quantitative estimate of drug-likeness (QED) is 0.678. The minimum Gasteiger partial charge on any atom is -0.494 e. The standard InChI is InChI=1S/C16H24F3NO/c1-13(2)12-20-10-4-3-5-11-21-15-8-6-14(7-9-15)16(17,18)19/h6-9,13,20H,3-5,10-12H2,1-2H3. The molecule has 2 nitrogen and oxygen atoms in total. The van der Waals surface area contributed by atoms with Gasteiger partial charge in [0.25, 0.3) is 0 Å². The van der Waals surface area contributed by atoms with Crippen molar-refractivity contribution in [1.82, 2.24) is 5.32 Å². The van der Waals surface area contributed by atoms with Crippen LogP contribution in [0.25, 0.3) is 0 Å². The van der Waals surface area contributed by atoms with Gasteiger partial charge in [0.15, 0.2) is 0 Å². The van der Waals surface area contributed by atoms with Crippen molar-refractivity contribution in [3.05, 3.63) is 29.8 Å². The van der Waals surface area contributed by atoms with Gasteiger partial charge in [-0.25, -0.2) is 0 Å². The summed E-state index contributed by atoms with van der Waals surface area (Å²) in [7, 11) is 0. The fourth-order valence-electron chi connectivity index (χ4n) is 1.85.